The zero-order valence-corrected chi connectivity index (χ0v) is 10.7. The van der Waals surface area contributed by atoms with Crippen LogP contribution in [0.5, 0.6) is 0 Å². The van der Waals surface area contributed by atoms with E-state index >= 15 is 0 Å². The SMILES string of the molecule is CC(NC(=O)c1ncn[nH]1)c1cccc(Br)c1. The molecule has 17 heavy (non-hydrogen) atoms. The molecule has 0 aliphatic heterocycles. The number of halogens is 1. The van der Waals surface area contributed by atoms with Crippen molar-refractivity contribution in [1.29, 1.82) is 0 Å². The van der Waals surface area contributed by atoms with Gasteiger partial charge in [-0.1, -0.05) is 28.1 Å². The lowest BCUT2D eigenvalue weighted by atomic mass is 10.1. The van der Waals surface area contributed by atoms with Crippen LogP contribution in [-0.4, -0.2) is 21.1 Å². The van der Waals surface area contributed by atoms with Crippen molar-refractivity contribution in [2.75, 3.05) is 0 Å². The molecule has 5 nitrogen and oxygen atoms in total. The van der Waals surface area contributed by atoms with Crippen LogP contribution in [-0.2, 0) is 0 Å². The fraction of sp³-hybridized carbons (Fsp3) is 0.182. The van der Waals surface area contributed by atoms with Crippen molar-refractivity contribution in [3.63, 3.8) is 0 Å². The Kier molecular flexibility index (Phi) is 3.53. The molecular formula is C11H11BrN4O. The van der Waals surface area contributed by atoms with E-state index in [9.17, 15) is 4.79 Å². The molecule has 1 atom stereocenters. The number of nitrogens with zero attached hydrogens (tertiary/aromatic N) is 2. The van der Waals surface area contributed by atoms with Crippen LogP contribution in [0.2, 0.25) is 0 Å². The normalized spacial score (nSPS) is 12.1. The Morgan fingerprint density at radius 1 is 1.53 bits per heavy atom. The molecule has 0 aliphatic carbocycles. The first-order chi connectivity index (χ1) is 8.16. The number of hydrogen-bond donors (Lipinski definition) is 2. The Balaban J connectivity index is 2.07. The van der Waals surface area contributed by atoms with Crippen molar-refractivity contribution < 1.29 is 4.79 Å². The van der Waals surface area contributed by atoms with Crippen LogP contribution < -0.4 is 5.32 Å². The second-order valence-corrected chi connectivity index (χ2v) is 4.50. The summed E-state index contributed by atoms with van der Waals surface area (Å²) in [6.45, 7) is 1.91. The summed E-state index contributed by atoms with van der Waals surface area (Å²) in [5.74, 6) is -0.0539. The van der Waals surface area contributed by atoms with Gasteiger partial charge in [-0.2, -0.15) is 5.10 Å². The third-order valence-corrected chi connectivity index (χ3v) is 2.82. The van der Waals surface area contributed by atoms with Crippen LogP contribution in [0.25, 0.3) is 0 Å². The zero-order chi connectivity index (χ0) is 12.3. The Bertz CT molecular complexity index is 512. The van der Waals surface area contributed by atoms with E-state index in [1.807, 2.05) is 31.2 Å². The van der Waals surface area contributed by atoms with Crippen molar-refractivity contribution in [2.45, 2.75) is 13.0 Å². The van der Waals surface area contributed by atoms with E-state index in [1.165, 1.54) is 6.33 Å². The number of amides is 1. The van der Waals surface area contributed by atoms with Crippen LogP contribution >= 0.6 is 15.9 Å². The van der Waals surface area contributed by atoms with Gasteiger partial charge in [-0.3, -0.25) is 9.89 Å². The van der Waals surface area contributed by atoms with Crippen molar-refractivity contribution in [1.82, 2.24) is 20.5 Å². The van der Waals surface area contributed by atoms with Crippen molar-refractivity contribution in [2.24, 2.45) is 0 Å². The van der Waals surface area contributed by atoms with Gasteiger partial charge in [0.05, 0.1) is 6.04 Å². The van der Waals surface area contributed by atoms with Gasteiger partial charge in [-0.05, 0) is 24.6 Å². The predicted octanol–water partition coefficient (Wildman–Crippen LogP) is 2.06. The number of benzene rings is 1. The Labute approximate surface area is 107 Å². The molecule has 1 amide bonds. The van der Waals surface area contributed by atoms with Gasteiger partial charge in [0.15, 0.2) is 0 Å². The number of aromatic nitrogens is 3. The van der Waals surface area contributed by atoms with E-state index in [4.69, 9.17) is 0 Å². The minimum atomic E-state index is -0.269. The van der Waals surface area contributed by atoms with Gasteiger partial charge in [-0.15, -0.1) is 0 Å². The Morgan fingerprint density at radius 3 is 3.00 bits per heavy atom. The molecule has 1 unspecified atom stereocenters. The molecule has 6 heteroatoms. The molecule has 2 aromatic rings. The van der Waals surface area contributed by atoms with Crippen LogP contribution in [0.1, 0.15) is 29.1 Å². The number of hydrogen-bond acceptors (Lipinski definition) is 3. The van der Waals surface area contributed by atoms with Gasteiger partial charge in [0.2, 0.25) is 5.82 Å². The average molecular weight is 295 g/mol. The van der Waals surface area contributed by atoms with E-state index in [-0.39, 0.29) is 17.8 Å². The van der Waals surface area contributed by atoms with Gasteiger partial charge < -0.3 is 5.32 Å². The van der Waals surface area contributed by atoms with E-state index in [2.05, 4.69) is 36.4 Å². The van der Waals surface area contributed by atoms with Crippen LogP contribution in [0.3, 0.4) is 0 Å². The minimum Gasteiger partial charge on any atom is -0.343 e. The molecule has 0 bridgehead atoms. The highest BCUT2D eigenvalue weighted by Gasteiger charge is 2.13. The molecule has 88 valence electrons. The molecule has 2 N–H and O–H groups in total. The fourth-order valence-corrected chi connectivity index (χ4v) is 1.86. The van der Waals surface area contributed by atoms with Crippen LogP contribution in [0.15, 0.2) is 35.1 Å². The molecule has 2 rings (SSSR count). The highest BCUT2D eigenvalue weighted by molar-refractivity contribution is 9.10. The lowest BCUT2D eigenvalue weighted by Gasteiger charge is -2.13. The fourth-order valence-electron chi connectivity index (χ4n) is 1.44. The summed E-state index contributed by atoms with van der Waals surface area (Å²) >= 11 is 3.39. The minimum absolute atomic E-state index is 0.0925. The first-order valence-corrected chi connectivity index (χ1v) is 5.88. The summed E-state index contributed by atoms with van der Waals surface area (Å²) in [6.07, 6.45) is 1.30. The summed E-state index contributed by atoms with van der Waals surface area (Å²) < 4.78 is 0.982. The standard InChI is InChI=1S/C11H11BrN4O/c1-7(8-3-2-4-9(12)5-8)15-11(17)10-13-6-14-16-10/h2-7H,1H3,(H,15,17)(H,13,14,16). The lowest BCUT2D eigenvalue weighted by Crippen LogP contribution is -2.27. The number of H-pyrrole nitrogens is 1. The third-order valence-electron chi connectivity index (χ3n) is 2.33. The number of carbonyl (C=O) groups is 1. The quantitative estimate of drug-likeness (QED) is 0.910. The second-order valence-electron chi connectivity index (χ2n) is 3.58. The summed E-state index contributed by atoms with van der Waals surface area (Å²) in [6, 6.07) is 7.69. The summed E-state index contributed by atoms with van der Waals surface area (Å²) in [5, 5.41) is 8.99. The van der Waals surface area contributed by atoms with Crippen molar-refractivity contribution in [3.05, 3.63) is 46.5 Å². The first kappa shape index (κ1) is 11.8. The number of rotatable bonds is 3. The van der Waals surface area contributed by atoms with Gasteiger partial charge >= 0.3 is 0 Å². The maximum Gasteiger partial charge on any atom is 0.289 e. The molecule has 0 aliphatic rings. The van der Waals surface area contributed by atoms with Crippen LogP contribution in [0, 0.1) is 0 Å². The number of carbonyl (C=O) groups excluding carboxylic acids is 1. The largest absolute Gasteiger partial charge is 0.343 e. The summed E-state index contributed by atoms with van der Waals surface area (Å²) in [4.78, 5) is 15.5. The predicted molar refractivity (Wildman–Crippen MR) is 66.4 cm³/mol. The Hall–Kier alpha value is -1.69. The molecule has 1 aromatic heterocycles. The van der Waals surface area contributed by atoms with E-state index in [1.54, 1.807) is 0 Å². The molecular weight excluding hydrogens is 284 g/mol. The van der Waals surface area contributed by atoms with Crippen molar-refractivity contribution >= 4 is 21.8 Å². The maximum absolute atomic E-state index is 11.7. The highest BCUT2D eigenvalue weighted by Crippen LogP contribution is 2.17. The smallest absolute Gasteiger partial charge is 0.289 e. The second kappa shape index (κ2) is 5.09. The number of aromatic amines is 1. The monoisotopic (exact) mass is 294 g/mol. The molecule has 1 aromatic carbocycles. The molecule has 1 heterocycles. The van der Waals surface area contributed by atoms with Crippen molar-refractivity contribution in [3.8, 4) is 0 Å². The Morgan fingerprint density at radius 2 is 2.35 bits per heavy atom. The van der Waals surface area contributed by atoms with E-state index in [0.717, 1.165) is 10.0 Å². The van der Waals surface area contributed by atoms with E-state index < -0.39 is 0 Å². The van der Waals surface area contributed by atoms with Gasteiger partial charge in [0.25, 0.3) is 5.91 Å². The summed E-state index contributed by atoms with van der Waals surface area (Å²) in [7, 11) is 0. The highest BCUT2D eigenvalue weighted by atomic mass is 79.9. The summed E-state index contributed by atoms with van der Waals surface area (Å²) in [5.41, 5.74) is 1.02. The molecule has 0 saturated heterocycles. The third kappa shape index (κ3) is 2.91. The lowest BCUT2D eigenvalue weighted by molar-refractivity contribution is 0.0930. The van der Waals surface area contributed by atoms with Gasteiger partial charge in [-0.25, -0.2) is 4.98 Å². The molecule has 0 radical (unpaired) electrons. The maximum atomic E-state index is 11.7. The zero-order valence-electron chi connectivity index (χ0n) is 9.14. The molecule has 0 fully saturated rings. The molecule has 0 saturated carbocycles. The first-order valence-electron chi connectivity index (χ1n) is 5.08. The van der Waals surface area contributed by atoms with Crippen LogP contribution in [0.4, 0.5) is 0 Å². The molecule has 0 spiro atoms. The van der Waals surface area contributed by atoms with E-state index in [0.29, 0.717) is 0 Å². The topological polar surface area (TPSA) is 70.7 Å². The van der Waals surface area contributed by atoms with Gasteiger partial charge in [0, 0.05) is 4.47 Å². The van der Waals surface area contributed by atoms with Gasteiger partial charge in [0.1, 0.15) is 6.33 Å². The number of nitrogens with one attached hydrogen (secondary N) is 2. The average Bonchev–Trinajstić information content (AvgIpc) is 2.82.